The van der Waals surface area contributed by atoms with Gasteiger partial charge < -0.3 is 18.9 Å². The highest BCUT2D eigenvalue weighted by Crippen LogP contribution is 2.03. The van der Waals surface area contributed by atoms with Gasteiger partial charge in [0.25, 0.3) is 0 Å². The molecule has 0 atom stereocenters. The van der Waals surface area contributed by atoms with E-state index in [1.165, 1.54) is 6.92 Å². The number of rotatable bonds is 10. The average molecular weight is 262 g/mol. The van der Waals surface area contributed by atoms with Gasteiger partial charge >= 0.3 is 11.9 Å². The molecule has 6 nitrogen and oxygen atoms in total. The molecule has 0 N–H and O–H groups in total. The highest BCUT2D eigenvalue weighted by molar-refractivity contribution is 5.94. The SMILES string of the molecule is COCCCOC(=O)C(C)C(=O)OCCCOC. The summed E-state index contributed by atoms with van der Waals surface area (Å²) in [5.74, 6) is -2.03. The third-order valence-corrected chi connectivity index (χ3v) is 2.18. The summed E-state index contributed by atoms with van der Waals surface area (Å²) in [7, 11) is 3.14. The van der Waals surface area contributed by atoms with Gasteiger partial charge in [0.05, 0.1) is 13.2 Å². The number of methoxy groups -OCH3 is 2. The Morgan fingerprint density at radius 3 is 1.56 bits per heavy atom. The maximum Gasteiger partial charge on any atom is 0.320 e. The van der Waals surface area contributed by atoms with Crippen LogP contribution in [0.4, 0.5) is 0 Å². The van der Waals surface area contributed by atoms with E-state index in [0.717, 1.165) is 0 Å². The van der Waals surface area contributed by atoms with Crippen LogP contribution in [0.3, 0.4) is 0 Å². The first kappa shape index (κ1) is 16.9. The first-order valence-corrected chi connectivity index (χ1v) is 5.94. The molecule has 0 unspecified atom stereocenters. The second-order valence-electron chi connectivity index (χ2n) is 3.75. The standard InChI is InChI=1S/C12H22O6/c1-10(11(13)17-8-4-6-15-2)12(14)18-9-5-7-16-3/h10H,4-9H2,1-3H3. The normalized spacial score (nSPS) is 10.4. The van der Waals surface area contributed by atoms with Crippen molar-refractivity contribution < 1.29 is 28.5 Å². The monoisotopic (exact) mass is 262 g/mol. The van der Waals surface area contributed by atoms with Crippen LogP contribution in [-0.2, 0) is 28.5 Å². The molecule has 6 heteroatoms. The summed E-state index contributed by atoms with van der Waals surface area (Å²) in [5.41, 5.74) is 0. The van der Waals surface area contributed by atoms with Crippen molar-refractivity contribution in [1.29, 1.82) is 0 Å². The number of carbonyl (C=O) groups is 2. The molecule has 0 spiro atoms. The molecule has 0 aromatic rings. The van der Waals surface area contributed by atoms with Gasteiger partial charge in [0.15, 0.2) is 5.92 Å². The first-order chi connectivity index (χ1) is 8.63. The lowest BCUT2D eigenvalue weighted by Gasteiger charge is -2.11. The van der Waals surface area contributed by atoms with Crippen molar-refractivity contribution in [1.82, 2.24) is 0 Å². The summed E-state index contributed by atoms with van der Waals surface area (Å²) in [6.07, 6.45) is 1.22. The number of esters is 2. The van der Waals surface area contributed by atoms with Crippen LogP contribution in [0.2, 0.25) is 0 Å². The Hall–Kier alpha value is -1.14. The largest absolute Gasteiger partial charge is 0.465 e. The molecular formula is C12H22O6. The Labute approximate surface area is 108 Å². The molecule has 0 aromatic carbocycles. The van der Waals surface area contributed by atoms with Gasteiger partial charge in [-0.1, -0.05) is 0 Å². The minimum atomic E-state index is -0.893. The van der Waals surface area contributed by atoms with E-state index < -0.39 is 17.9 Å². The Morgan fingerprint density at radius 1 is 0.833 bits per heavy atom. The molecule has 18 heavy (non-hydrogen) atoms. The van der Waals surface area contributed by atoms with E-state index in [2.05, 4.69) is 0 Å². The quantitative estimate of drug-likeness (QED) is 0.329. The van der Waals surface area contributed by atoms with Gasteiger partial charge in [-0.05, 0) is 6.92 Å². The van der Waals surface area contributed by atoms with E-state index in [0.29, 0.717) is 26.1 Å². The molecule has 0 saturated carbocycles. The molecule has 0 bridgehead atoms. The van der Waals surface area contributed by atoms with Crippen LogP contribution in [0.1, 0.15) is 19.8 Å². The van der Waals surface area contributed by atoms with Gasteiger partial charge in [-0.2, -0.15) is 0 Å². The van der Waals surface area contributed by atoms with Gasteiger partial charge in [0, 0.05) is 40.3 Å². The summed E-state index contributed by atoms with van der Waals surface area (Å²) < 4.78 is 19.4. The van der Waals surface area contributed by atoms with E-state index in [-0.39, 0.29) is 13.2 Å². The second kappa shape index (κ2) is 11.0. The van der Waals surface area contributed by atoms with Crippen molar-refractivity contribution in [3.8, 4) is 0 Å². The zero-order valence-electron chi connectivity index (χ0n) is 11.3. The summed E-state index contributed by atoms with van der Waals surface area (Å²) in [6.45, 7) is 2.99. The summed E-state index contributed by atoms with van der Waals surface area (Å²) >= 11 is 0. The topological polar surface area (TPSA) is 71.1 Å². The molecule has 106 valence electrons. The fourth-order valence-electron chi connectivity index (χ4n) is 1.10. The second-order valence-corrected chi connectivity index (χ2v) is 3.75. The third kappa shape index (κ3) is 8.03. The van der Waals surface area contributed by atoms with Crippen LogP contribution >= 0.6 is 0 Å². The van der Waals surface area contributed by atoms with Gasteiger partial charge in [-0.3, -0.25) is 9.59 Å². The molecule has 0 radical (unpaired) electrons. The number of hydrogen-bond donors (Lipinski definition) is 0. The fraction of sp³-hybridized carbons (Fsp3) is 0.833. The van der Waals surface area contributed by atoms with Crippen molar-refractivity contribution in [2.75, 3.05) is 40.6 Å². The molecule has 0 aliphatic rings. The van der Waals surface area contributed by atoms with E-state index in [4.69, 9.17) is 18.9 Å². The smallest absolute Gasteiger partial charge is 0.320 e. The molecule has 0 heterocycles. The molecule has 0 aliphatic carbocycles. The summed E-state index contributed by atoms with van der Waals surface area (Å²) in [6, 6.07) is 0. The Balaban J connectivity index is 3.72. The van der Waals surface area contributed by atoms with Crippen LogP contribution in [0.5, 0.6) is 0 Å². The van der Waals surface area contributed by atoms with Crippen LogP contribution in [-0.4, -0.2) is 52.6 Å². The lowest BCUT2D eigenvalue weighted by molar-refractivity contribution is -0.161. The van der Waals surface area contributed by atoms with E-state index in [1.807, 2.05) is 0 Å². The molecule has 0 rings (SSSR count). The maximum atomic E-state index is 11.4. The Morgan fingerprint density at radius 2 is 1.22 bits per heavy atom. The van der Waals surface area contributed by atoms with E-state index >= 15 is 0 Å². The number of ether oxygens (including phenoxy) is 4. The minimum absolute atomic E-state index is 0.244. The molecule has 0 aromatic heterocycles. The maximum absolute atomic E-state index is 11.4. The summed E-state index contributed by atoms with van der Waals surface area (Å²) in [4.78, 5) is 22.9. The number of hydrogen-bond acceptors (Lipinski definition) is 6. The van der Waals surface area contributed by atoms with Crippen LogP contribution < -0.4 is 0 Å². The number of carbonyl (C=O) groups excluding carboxylic acids is 2. The lowest BCUT2D eigenvalue weighted by Crippen LogP contribution is -2.26. The Kier molecular flexibility index (Phi) is 10.3. The van der Waals surface area contributed by atoms with Crippen molar-refractivity contribution >= 4 is 11.9 Å². The molecule has 0 saturated heterocycles. The zero-order chi connectivity index (χ0) is 13.8. The van der Waals surface area contributed by atoms with Gasteiger partial charge in [-0.25, -0.2) is 0 Å². The van der Waals surface area contributed by atoms with Crippen LogP contribution in [0.25, 0.3) is 0 Å². The van der Waals surface area contributed by atoms with E-state index in [1.54, 1.807) is 14.2 Å². The zero-order valence-corrected chi connectivity index (χ0v) is 11.3. The predicted octanol–water partition coefficient (Wildman–Crippen LogP) is 0.782. The fourth-order valence-corrected chi connectivity index (χ4v) is 1.10. The van der Waals surface area contributed by atoms with E-state index in [9.17, 15) is 9.59 Å². The van der Waals surface area contributed by atoms with Crippen molar-refractivity contribution in [3.05, 3.63) is 0 Å². The average Bonchev–Trinajstić information content (AvgIpc) is 2.38. The van der Waals surface area contributed by atoms with Gasteiger partial charge in [0.2, 0.25) is 0 Å². The lowest BCUT2D eigenvalue weighted by atomic mass is 10.2. The van der Waals surface area contributed by atoms with Crippen molar-refractivity contribution in [3.63, 3.8) is 0 Å². The van der Waals surface area contributed by atoms with Gasteiger partial charge in [0.1, 0.15) is 0 Å². The predicted molar refractivity (Wildman–Crippen MR) is 64.1 cm³/mol. The first-order valence-electron chi connectivity index (χ1n) is 5.94. The van der Waals surface area contributed by atoms with Crippen molar-refractivity contribution in [2.24, 2.45) is 5.92 Å². The molecule has 0 aliphatic heterocycles. The highest BCUT2D eigenvalue weighted by Gasteiger charge is 2.24. The van der Waals surface area contributed by atoms with Crippen LogP contribution in [0, 0.1) is 5.92 Å². The van der Waals surface area contributed by atoms with Crippen LogP contribution in [0.15, 0.2) is 0 Å². The third-order valence-electron chi connectivity index (χ3n) is 2.18. The molecule has 0 amide bonds. The molecule has 0 fully saturated rings. The summed E-state index contributed by atoms with van der Waals surface area (Å²) in [5, 5.41) is 0. The van der Waals surface area contributed by atoms with Gasteiger partial charge in [-0.15, -0.1) is 0 Å². The highest BCUT2D eigenvalue weighted by atomic mass is 16.6. The molecular weight excluding hydrogens is 240 g/mol. The Bertz CT molecular complexity index is 217. The minimum Gasteiger partial charge on any atom is -0.465 e. The van der Waals surface area contributed by atoms with Crippen molar-refractivity contribution in [2.45, 2.75) is 19.8 Å².